The van der Waals surface area contributed by atoms with Gasteiger partial charge in [0.1, 0.15) is 5.75 Å². The summed E-state index contributed by atoms with van der Waals surface area (Å²) in [6.07, 6.45) is 0. The van der Waals surface area contributed by atoms with E-state index < -0.39 is 0 Å². The summed E-state index contributed by atoms with van der Waals surface area (Å²) in [5.41, 5.74) is 1.56. The normalized spacial score (nSPS) is 9.95. The second-order valence-corrected chi connectivity index (χ2v) is 4.90. The monoisotopic (exact) mass is 320 g/mol. The number of carbonyl (C=O) groups excluding carboxylic acids is 1. The van der Waals surface area contributed by atoms with E-state index in [4.69, 9.17) is 0 Å². The van der Waals surface area contributed by atoms with Crippen LogP contribution in [-0.4, -0.2) is 11.1 Å². The Hall–Kier alpha value is -2.01. The maximum Gasteiger partial charge on any atom is 0.319 e. The van der Waals surface area contributed by atoms with Crippen LogP contribution < -0.4 is 10.6 Å². The number of carbonyl (C=O) groups is 1. The van der Waals surface area contributed by atoms with Crippen molar-refractivity contribution in [3.05, 3.63) is 58.6 Å². The van der Waals surface area contributed by atoms with Crippen LogP contribution in [0.1, 0.15) is 5.56 Å². The number of benzene rings is 2. The molecule has 2 aromatic carbocycles. The number of phenolic OH excluding ortho intramolecular Hbond substituents is 1. The van der Waals surface area contributed by atoms with Crippen LogP contribution in [0.4, 0.5) is 10.5 Å². The van der Waals surface area contributed by atoms with Crippen molar-refractivity contribution in [2.75, 3.05) is 5.32 Å². The van der Waals surface area contributed by atoms with E-state index in [0.717, 1.165) is 10.0 Å². The molecule has 0 aliphatic rings. The van der Waals surface area contributed by atoms with Crippen molar-refractivity contribution < 1.29 is 9.90 Å². The minimum atomic E-state index is -0.312. The molecule has 0 aliphatic heterocycles. The van der Waals surface area contributed by atoms with E-state index in [9.17, 15) is 9.90 Å². The zero-order chi connectivity index (χ0) is 13.7. The fraction of sp³-hybridized carbons (Fsp3) is 0.0714. The van der Waals surface area contributed by atoms with Crippen LogP contribution in [0.3, 0.4) is 0 Å². The van der Waals surface area contributed by atoms with Gasteiger partial charge >= 0.3 is 6.03 Å². The maximum absolute atomic E-state index is 11.7. The molecule has 2 aromatic rings. The van der Waals surface area contributed by atoms with Crippen molar-refractivity contribution in [1.82, 2.24) is 5.32 Å². The molecule has 0 saturated heterocycles. The number of phenols is 1. The van der Waals surface area contributed by atoms with Gasteiger partial charge in [-0.15, -0.1) is 0 Å². The van der Waals surface area contributed by atoms with Crippen molar-refractivity contribution in [2.24, 2.45) is 0 Å². The minimum absolute atomic E-state index is 0.116. The van der Waals surface area contributed by atoms with Gasteiger partial charge in [-0.3, -0.25) is 0 Å². The lowest BCUT2D eigenvalue weighted by molar-refractivity contribution is 0.251. The Morgan fingerprint density at radius 3 is 2.58 bits per heavy atom. The number of hydrogen-bond acceptors (Lipinski definition) is 2. The Bertz CT molecular complexity index is 570. The van der Waals surface area contributed by atoms with Crippen molar-refractivity contribution >= 4 is 27.6 Å². The predicted molar refractivity (Wildman–Crippen MR) is 78.1 cm³/mol. The second kappa shape index (κ2) is 6.24. The zero-order valence-electron chi connectivity index (χ0n) is 10.1. The van der Waals surface area contributed by atoms with Gasteiger partial charge in [0.25, 0.3) is 0 Å². The molecule has 3 N–H and O–H groups in total. The van der Waals surface area contributed by atoms with Crippen molar-refractivity contribution in [2.45, 2.75) is 6.54 Å². The molecule has 0 aliphatic carbocycles. The summed E-state index contributed by atoms with van der Waals surface area (Å²) in [5, 5.41) is 14.7. The molecule has 19 heavy (non-hydrogen) atoms. The third-order valence-corrected chi connectivity index (χ3v) is 3.00. The standard InChI is InChI=1S/C14H13BrN2O2/c15-11-6-4-10(5-7-11)9-16-14(19)17-12-2-1-3-13(18)8-12/h1-8,18H,9H2,(H2,16,17,19). The predicted octanol–water partition coefficient (Wildman–Crippen LogP) is 3.48. The fourth-order valence-corrected chi connectivity index (χ4v) is 1.81. The van der Waals surface area contributed by atoms with Gasteiger partial charge in [0.2, 0.25) is 0 Å². The van der Waals surface area contributed by atoms with Crippen LogP contribution in [0.15, 0.2) is 53.0 Å². The average Bonchev–Trinajstić information content (AvgIpc) is 2.38. The molecule has 0 atom stereocenters. The molecule has 0 radical (unpaired) electrons. The van der Waals surface area contributed by atoms with Gasteiger partial charge in [0, 0.05) is 22.8 Å². The molecule has 2 rings (SSSR count). The quantitative estimate of drug-likeness (QED) is 0.810. The van der Waals surface area contributed by atoms with Gasteiger partial charge < -0.3 is 15.7 Å². The fourth-order valence-electron chi connectivity index (χ4n) is 1.54. The maximum atomic E-state index is 11.7. The lowest BCUT2D eigenvalue weighted by Gasteiger charge is -2.08. The summed E-state index contributed by atoms with van der Waals surface area (Å²) in [7, 11) is 0. The first-order valence-electron chi connectivity index (χ1n) is 5.72. The molecule has 0 aromatic heterocycles. The summed E-state index contributed by atoms with van der Waals surface area (Å²) < 4.78 is 1.00. The number of anilines is 1. The van der Waals surface area contributed by atoms with Crippen LogP contribution in [0, 0.1) is 0 Å². The van der Waals surface area contributed by atoms with E-state index in [2.05, 4.69) is 26.6 Å². The van der Waals surface area contributed by atoms with Gasteiger partial charge in [-0.05, 0) is 29.8 Å². The molecule has 0 saturated carbocycles. The van der Waals surface area contributed by atoms with Crippen LogP contribution >= 0.6 is 15.9 Å². The molecular weight excluding hydrogens is 308 g/mol. The highest BCUT2D eigenvalue weighted by Gasteiger charge is 2.02. The largest absolute Gasteiger partial charge is 0.508 e. The smallest absolute Gasteiger partial charge is 0.319 e. The van der Waals surface area contributed by atoms with Gasteiger partial charge in [-0.25, -0.2) is 4.79 Å². The first-order valence-corrected chi connectivity index (χ1v) is 6.51. The van der Waals surface area contributed by atoms with Gasteiger partial charge in [-0.2, -0.15) is 0 Å². The average molecular weight is 321 g/mol. The van der Waals surface area contributed by atoms with Crippen LogP contribution in [0.2, 0.25) is 0 Å². The Morgan fingerprint density at radius 2 is 1.89 bits per heavy atom. The first kappa shape index (κ1) is 13.4. The third-order valence-electron chi connectivity index (χ3n) is 2.47. The summed E-state index contributed by atoms with van der Waals surface area (Å²) in [6.45, 7) is 0.442. The second-order valence-electron chi connectivity index (χ2n) is 3.98. The molecule has 0 fully saturated rings. The van der Waals surface area contributed by atoms with E-state index in [1.807, 2.05) is 24.3 Å². The van der Waals surface area contributed by atoms with Crippen LogP contribution in [0.25, 0.3) is 0 Å². The Kier molecular flexibility index (Phi) is 4.41. The molecule has 2 amide bonds. The lowest BCUT2D eigenvalue weighted by Crippen LogP contribution is -2.28. The van der Waals surface area contributed by atoms with Gasteiger partial charge in [0.05, 0.1) is 0 Å². The van der Waals surface area contributed by atoms with Crippen LogP contribution in [-0.2, 0) is 6.54 Å². The number of urea groups is 1. The van der Waals surface area contributed by atoms with Crippen molar-refractivity contribution in [3.63, 3.8) is 0 Å². The molecule has 98 valence electrons. The molecule has 0 bridgehead atoms. The number of hydrogen-bond donors (Lipinski definition) is 3. The summed E-state index contributed by atoms with van der Waals surface area (Å²) in [5.74, 6) is 0.116. The van der Waals surface area contributed by atoms with E-state index in [-0.39, 0.29) is 11.8 Å². The van der Waals surface area contributed by atoms with Crippen LogP contribution in [0.5, 0.6) is 5.75 Å². The Morgan fingerprint density at radius 1 is 1.16 bits per heavy atom. The number of rotatable bonds is 3. The zero-order valence-corrected chi connectivity index (χ0v) is 11.6. The SMILES string of the molecule is O=C(NCc1ccc(Br)cc1)Nc1cccc(O)c1. The highest BCUT2D eigenvalue weighted by molar-refractivity contribution is 9.10. The van der Waals surface area contributed by atoms with E-state index in [1.54, 1.807) is 18.2 Å². The van der Waals surface area contributed by atoms with Gasteiger partial charge in [-0.1, -0.05) is 34.1 Å². The summed E-state index contributed by atoms with van der Waals surface area (Å²) in [4.78, 5) is 11.7. The highest BCUT2D eigenvalue weighted by atomic mass is 79.9. The molecule has 0 spiro atoms. The minimum Gasteiger partial charge on any atom is -0.508 e. The number of aromatic hydroxyl groups is 1. The Labute approximate surface area is 119 Å². The third kappa shape index (κ3) is 4.30. The van der Waals surface area contributed by atoms with Crippen molar-refractivity contribution in [1.29, 1.82) is 0 Å². The molecule has 4 nitrogen and oxygen atoms in total. The van der Waals surface area contributed by atoms with Crippen molar-refractivity contribution in [3.8, 4) is 5.75 Å². The Balaban J connectivity index is 1.86. The van der Waals surface area contributed by atoms with E-state index in [0.29, 0.717) is 12.2 Å². The molecule has 0 unspecified atom stereocenters. The van der Waals surface area contributed by atoms with Gasteiger partial charge in [0.15, 0.2) is 0 Å². The first-order chi connectivity index (χ1) is 9.13. The number of amides is 2. The molecule has 5 heteroatoms. The van der Waals surface area contributed by atoms with E-state index in [1.165, 1.54) is 6.07 Å². The number of nitrogens with one attached hydrogen (secondary N) is 2. The topological polar surface area (TPSA) is 61.4 Å². The summed E-state index contributed by atoms with van der Waals surface area (Å²) in [6, 6.07) is 13.8. The van der Waals surface area contributed by atoms with E-state index >= 15 is 0 Å². The summed E-state index contributed by atoms with van der Waals surface area (Å²) >= 11 is 3.35. The number of halogens is 1. The lowest BCUT2D eigenvalue weighted by atomic mass is 10.2. The molecular formula is C14H13BrN2O2. The molecule has 0 heterocycles. The highest BCUT2D eigenvalue weighted by Crippen LogP contribution is 2.15.